The lowest BCUT2D eigenvalue weighted by atomic mass is 10.1. The summed E-state index contributed by atoms with van der Waals surface area (Å²) < 4.78 is 0. The second-order valence-electron chi connectivity index (χ2n) is 6.56. The quantitative estimate of drug-likeness (QED) is 0.588. The van der Waals surface area contributed by atoms with E-state index in [-0.39, 0.29) is 19.0 Å². The van der Waals surface area contributed by atoms with Gasteiger partial charge in [0.15, 0.2) is 0 Å². The van der Waals surface area contributed by atoms with Crippen LogP contribution in [-0.4, -0.2) is 47.7 Å². The number of nitrogens with zero attached hydrogens (tertiary/aromatic N) is 1. The van der Waals surface area contributed by atoms with E-state index in [9.17, 15) is 19.2 Å². The van der Waals surface area contributed by atoms with E-state index in [1.807, 2.05) is 19.1 Å². The molecule has 1 heterocycles. The van der Waals surface area contributed by atoms with E-state index in [1.54, 1.807) is 36.4 Å². The zero-order valence-corrected chi connectivity index (χ0v) is 15.7. The summed E-state index contributed by atoms with van der Waals surface area (Å²) in [6.45, 7) is 3.76. The molecule has 2 aromatic carbocycles. The van der Waals surface area contributed by atoms with Crippen LogP contribution in [0.3, 0.4) is 0 Å². The molecule has 3 rings (SSSR count). The van der Waals surface area contributed by atoms with Gasteiger partial charge < -0.3 is 10.6 Å². The van der Waals surface area contributed by atoms with E-state index < -0.39 is 23.8 Å². The number of amides is 4. The predicted octanol–water partition coefficient (Wildman–Crippen LogP) is 1.53. The molecule has 0 fully saturated rings. The predicted molar refractivity (Wildman–Crippen MR) is 103 cm³/mol. The molecule has 2 aromatic rings. The molecule has 7 heteroatoms. The third-order valence-corrected chi connectivity index (χ3v) is 4.69. The Bertz CT molecular complexity index is 919. The van der Waals surface area contributed by atoms with Gasteiger partial charge in [-0.15, -0.1) is 0 Å². The Kier molecular flexibility index (Phi) is 5.54. The highest BCUT2D eigenvalue weighted by Gasteiger charge is 2.40. The lowest BCUT2D eigenvalue weighted by Crippen LogP contribution is -2.49. The van der Waals surface area contributed by atoms with Gasteiger partial charge in [-0.05, 0) is 37.6 Å². The van der Waals surface area contributed by atoms with E-state index >= 15 is 0 Å². The van der Waals surface area contributed by atoms with Crippen LogP contribution in [0.25, 0.3) is 0 Å². The maximum absolute atomic E-state index is 12.4. The van der Waals surface area contributed by atoms with Gasteiger partial charge in [-0.25, -0.2) is 0 Å². The van der Waals surface area contributed by atoms with Gasteiger partial charge in [0, 0.05) is 18.7 Å². The number of benzene rings is 2. The van der Waals surface area contributed by atoms with Crippen molar-refractivity contribution in [2.75, 3.05) is 13.1 Å². The highest BCUT2D eigenvalue weighted by molar-refractivity contribution is 6.22. The number of rotatable bonds is 6. The molecule has 0 radical (unpaired) electrons. The molecule has 1 aliphatic heterocycles. The summed E-state index contributed by atoms with van der Waals surface area (Å²) in [4.78, 5) is 50.3. The molecule has 1 unspecified atom stereocenters. The average molecular weight is 379 g/mol. The van der Waals surface area contributed by atoms with Gasteiger partial charge in [-0.1, -0.05) is 30.3 Å². The van der Waals surface area contributed by atoms with Gasteiger partial charge in [-0.3, -0.25) is 24.1 Å². The number of aryl methyl sites for hydroxylation is 1. The van der Waals surface area contributed by atoms with Crippen LogP contribution in [0.2, 0.25) is 0 Å². The molecule has 0 saturated carbocycles. The summed E-state index contributed by atoms with van der Waals surface area (Å²) in [6.07, 6.45) is 0. The summed E-state index contributed by atoms with van der Waals surface area (Å²) in [6, 6.07) is 12.8. The van der Waals surface area contributed by atoms with Gasteiger partial charge in [0.1, 0.15) is 6.04 Å². The SMILES string of the molecule is Cc1ccccc1C(=O)NCCNC(=O)C(C)N1C(=O)c2ccccc2C1=O. The van der Waals surface area contributed by atoms with Gasteiger partial charge >= 0.3 is 0 Å². The lowest BCUT2D eigenvalue weighted by molar-refractivity contribution is -0.124. The number of hydrogen-bond acceptors (Lipinski definition) is 4. The van der Waals surface area contributed by atoms with E-state index in [4.69, 9.17) is 0 Å². The molecule has 28 heavy (non-hydrogen) atoms. The summed E-state index contributed by atoms with van der Waals surface area (Å²) in [5, 5.41) is 5.38. The number of hydrogen-bond donors (Lipinski definition) is 2. The van der Waals surface area contributed by atoms with Crippen LogP contribution in [0, 0.1) is 6.92 Å². The maximum Gasteiger partial charge on any atom is 0.262 e. The Morgan fingerprint density at radius 1 is 0.893 bits per heavy atom. The summed E-state index contributed by atoms with van der Waals surface area (Å²) in [7, 11) is 0. The number of carbonyl (C=O) groups is 4. The van der Waals surface area contributed by atoms with Crippen molar-refractivity contribution in [2.24, 2.45) is 0 Å². The molecule has 4 amide bonds. The summed E-state index contributed by atoms with van der Waals surface area (Å²) >= 11 is 0. The second-order valence-corrected chi connectivity index (χ2v) is 6.56. The van der Waals surface area contributed by atoms with Crippen LogP contribution < -0.4 is 10.6 Å². The minimum atomic E-state index is -0.945. The fourth-order valence-corrected chi connectivity index (χ4v) is 3.11. The first-order valence-corrected chi connectivity index (χ1v) is 9.00. The Hall–Kier alpha value is -3.48. The molecule has 0 aliphatic carbocycles. The minimum Gasteiger partial charge on any atom is -0.353 e. The molecule has 2 N–H and O–H groups in total. The third-order valence-electron chi connectivity index (χ3n) is 4.69. The van der Waals surface area contributed by atoms with E-state index in [1.165, 1.54) is 6.92 Å². The molecule has 0 bridgehead atoms. The number of fused-ring (bicyclic) bond motifs is 1. The fraction of sp³-hybridized carbons (Fsp3) is 0.238. The Morgan fingerprint density at radius 3 is 2.04 bits per heavy atom. The zero-order chi connectivity index (χ0) is 20.3. The largest absolute Gasteiger partial charge is 0.353 e. The topological polar surface area (TPSA) is 95.6 Å². The van der Waals surface area contributed by atoms with Crippen molar-refractivity contribution in [2.45, 2.75) is 19.9 Å². The monoisotopic (exact) mass is 379 g/mol. The van der Waals surface area contributed by atoms with Crippen molar-refractivity contribution in [1.29, 1.82) is 0 Å². The standard InChI is InChI=1S/C21H21N3O4/c1-13-7-3-4-8-15(13)19(26)23-12-11-22-18(25)14(2)24-20(27)16-9-5-6-10-17(16)21(24)28/h3-10,14H,11-12H2,1-2H3,(H,22,25)(H,23,26). The van der Waals surface area contributed by atoms with Crippen molar-refractivity contribution >= 4 is 23.6 Å². The first-order chi connectivity index (χ1) is 13.4. The first kappa shape index (κ1) is 19.3. The van der Waals surface area contributed by atoms with Gasteiger partial charge in [0.2, 0.25) is 5.91 Å². The maximum atomic E-state index is 12.4. The number of nitrogens with one attached hydrogen (secondary N) is 2. The van der Waals surface area contributed by atoms with Crippen molar-refractivity contribution < 1.29 is 19.2 Å². The van der Waals surface area contributed by atoms with E-state index in [0.717, 1.165) is 10.5 Å². The summed E-state index contributed by atoms with van der Waals surface area (Å²) in [5.74, 6) is -1.63. The molecule has 1 atom stereocenters. The Morgan fingerprint density at radius 2 is 1.43 bits per heavy atom. The third kappa shape index (κ3) is 3.64. The normalized spacial score (nSPS) is 13.9. The van der Waals surface area contributed by atoms with Crippen LogP contribution in [0.5, 0.6) is 0 Å². The lowest BCUT2D eigenvalue weighted by Gasteiger charge is -2.21. The van der Waals surface area contributed by atoms with Crippen LogP contribution in [0.4, 0.5) is 0 Å². The van der Waals surface area contributed by atoms with Crippen molar-refractivity contribution in [1.82, 2.24) is 15.5 Å². The molecular weight excluding hydrogens is 358 g/mol. The van der Waals surface area contributed by atoms with E-state index in [0.29, 0.717) is 16.7 Å². The van der Waals surface area contributed by atoms with Crippen LogP contribution in [0.15, 0.2) is 48.5 Å². The molecule has 1 aliphatic rings. The smallest absolute Gasteiger partial charge is 0.262 e. The number of imide groups is 1. The van der Waals surface area contributed by atoms with Gasteiger partial charge in [0.25, 0.3) is 17.7 Å². The molecule has 0 spiro atoms. The van der Waals surface area contributed by atoms with Crippen LogP contribution in [0.1, 0.15) is 43.6 Å². The average Bonchev–Trinajstić information content (AvgIpc) is 2.95. The van der Waals surface area contributed by atoms with Crippen molar-refractivity contribution in [3.8, 4) is 0 Å². The minimum absolute atomic E-state index is 0.184. The fourth-order valence-electron chi connectivity index (χ4n) is 3.11. The van der Waals surface area contributed by atoms with Gasteiger partial charge in [0.05, 0.1) is 11.1 Å². The van der Waals surface area contributed by atoms with Gasteiger partial charge in [-0.2, -0.15) is 0 Å². The molecule has 144 valence electrons. The summed E-state index contributed by atoms with van der Waals surface area (Å²) in [5.41, 5.74) is 2.05. The molecule has 0 saturated heterocycles. The van der Waals surface area contributed by atoms with E-state index in [2.05, 4.69) is 10.6 Å². The highest BCUT2D eigenvalue weighted by Crippen LogP contribution is 2.24. The zero-order valence-electron chi connectivity index (χ0n) is 15.7. The van der Waals surface area contributed by atoms with Crippen molar-refractivity contribution in [3.05, 3.63) is 70.8 Å². The molecule has 7 nitrogen and oxygen atoms in total. The highest BCUT2D eigenvalue weighted by atomic mass is 16.2. The Balaban J connectivity index is 1.52. The second kappa shape index (κ2) is 8.04. The molecular formula is C21H21N3O4. The van der Waals surface area contributed by atoms with Crippen molar-refractivity contribution in [3.63, 3.8) is 0 Å². The van der Waals surface area contributed by atoms with Crippen LogP contribution in [-0.2, 0) is 4.79 Å². The molecule has 0 aromatic heterocycles. The van der Waals surface area contributed by atoms with Crippen LogP contribution >= 0.6 is 0 Å². The number of carbonyl (C=O) groups excluding carboxylic acids is 4. The Labute approximate surface area is 162 Å². The first-order valence-electron chi connectivity index (χ1n) is 9.00.